The quantitative estimate of drug-likeness (QED) is 0.553. The second kappa shape index (κ2) is 5.04. The van der Waals surface area contributed by atoms with Crippen LogP contribution in [0.5, 0.6) is 0 Å². The summed E-state index contributed by atoms with van der Waals surface area (Å²) in [6, 6.07) is 7.95. The molecule has 1 heterocycles. The van der Waals surface area contributed by atoms with Crippen LogP contribution >= 0.6 is 47.0 Å². The standard InChI is InChI=1S/C13H6Cl3FN2S/c14-7-2-1-6(3-8(7)15)19-12-4-9(16)10(17)5-11(12)18-13(19)20/h1-5H,(H,18,20). The van der Waals surface area contributed by atoms with Crippen molar-refractivity contribution in [1.29, 1.82) is 0 Å². The average molecular weight is 348 g/mol. The highest BCUT2D eigenvalue weighted by Crippen LogP contribution is 2.29. The number of nitrogens with zero attached hydrogens (tertiary/aromatic N) is 1. The molecule has 3 aromatic rings. The van der Waals surface area contributed by atoms with E-state index in [0.717, 1.165) is 5.69 Å². The van der Waals surface area contributed by atoms with Crippen LogP contribution in [-0.4, -0.2) is 9.55 Å². The monoisotopic (exact) mass is 346 g/mol. The van der Waals surface area contributed by atoms with Crippen molar-refractivity contribution in [3.8, 4) is 5.69 Å². The Morgan fingerprint density at radius 2 is 1.75 bits per heavy atom. The second-order valence-electron chi connectivity index (χ2n) is 4.15. The molecule has 0 fully saturated rings. The maximum Gasteiger partial charge on any atom is 0.182 e. The lowest BCUT2D eigenvalue weighted by molar-refractivity contribution is 0.630. The zero-order valence-corrected chi connectivity index (χ0v) is 12.8. The van der Waals surface area contributed by atoms with Gasteiger partial charge in [-0.2, -0.15) is 0 Å². The van der Waals surface area contributed by atoms with Crippen molar-refractivity contribution >= 4 is 58.1 Å². The molecule has 0 aliphatic heterocycles. The zero-order valence-electron chi connectivity index (χ0n) is 9.75. The normalized spacial score (nSPS) is 11.2. The third-order valence-corrected chi connectivity index (χ3v) is 4.20. The minimum Gasteiger partial charge on any atom is -0.330 e. The second-order valence-corrected chi connectivity index (χ2v) is 5.76. The van der Waals surface area contributed by atoms with Gasteiger partial charge in [0.2, 0.25) is 0 Å². The van der Waals surface area contributed by atoms with Gasteiger partial charge in [-0.05, 0) is 36.5 Å². The van der Waals surface area contributed by atoms with Gasteiger partial charge in [0.05, 0.1) is 31.8 Å². The lowest BCUT2D eigenvalue weighted by Gasteiger charge is -2.06. The van der Waals surface area contributed by atoms with E-state index in [1.165, 1.54) is 12.1 Å². The summed E-state index contributed by atoms with van der Waals surface area (Å²) in [6.45, 7) is 0. The van der Waals surface area contributed by atoms with E-state index in [1.807, 2.05) is 0 Å². The Balaban J connectivity index is 2.35. The van der Waals surface area contributed by atoms with E-state index >= 15 is 0 Å². The predicted octanol–water partition coefficient (Wildman–Crippen LogP) is 5.79. The van der Waals surface area contributed by atoms with Crippen LogP contribution in [0.1, 0.15) is 0 Å². The number of halogens is 4. The van der Waals surface area contributed by atoms with Gasteiger partial charge in [0.1, 0.15) is 5.82 Å². The molecular weight excluding hydrogens is 342 g/mol. The van der Waals surface area contributed by atoms with Gasteiger partial charge in [-0.25, -0.2) is 4.39 Å². The fraction of sp³-hybridized carbons (Fsp3) is 0. The van der Waals surface area contributed by atoms with Crippen molar-refractivity contribution in [3.05, 3.63) is 56.0 Å². The first-order valence-electron chi connectivity index (χ1n) is 5.52. The summed E-state index contributed by atoms with van der Waals surface area (Å²) in [6.07, 6.45) is 0. The minimum atomic E-state index is -0.503. The molecule has 0 atom stereocenters. The first kappa shape index (κ1) is 13.9. The van der Waals surface area contributed by atoms with Crippen LogP contribution in [0.25, 0.3) is 16.7 Å². The highest BCUT2D eigenvalue weighted by molar-refractivity contribution is 7.71. The van der Waals surface area contributed by atoms with Crippen LogP contribution in [0.4, 0.5) is 4.39 Å². The van der Waals surface area contributed by atoms with Crippen molar-refractivity contribution in [1.82, 2.24) is 9.55 Å². The largest absolute Gasteiger partial charge is 0.330 e. The number of rotatable bonds is 1. The zero-order chi connectivity index (χ0) is 14.4. The van der Waals surface area contributed by atoms with E-state index in [0.29, 0.717) is 25.8 Å². The lowest BCUT2D eigenvalue weighted by Crippen LogP contribution is -1.94. The third kappa shape index (κ3) is 2.23. The molecule has 0 saturated heterocycles. The Kier molecular flexibility index (Phi) is 3.50. The number of hydrogen-bond acceptors (Lipinski definition) is 1. The van der Waals surface area contributed by atoms with Crippen LogP contribution < -0.4 is 0 Å². The number of imidazole rings is 1. The average Bonchev–Trinajstić information content (AvgIpc) is 2.69. The van der Waals surface area contributed by atoms with Crippen LogP contribution in [0, 0.1) is 10.6 Å². The highest BCUT2D eigenvalue weighted by atomic mass is 35.5. The van der Waals surface area contributed by atoms with Crippen molar-refractivity contribution < 1.29 is 4.39 Å². The molecule has 0 saturated carbocycles. The molecule has 0 aliphatic rings. The molecule has 0 unspecified atom stereocenters. The van der Waals surface area contributed by atoms with Gasteiger partial charge in [0.15, 0.2) is 4.77 Å². The number of nitrogens with one attached hydrogen (secondary N) is 1. The van der Waals surface area contributed by atoms with Crippen LogP contribution in [-0.2, 0) is 0 Å². The van der Waals surface area contributed by atoms with E-state index in [1.54, 1.807) is 22.8 Å². The van der Waals surface area contributed by atoms with E-state index in [9.17, 15) is 4.39 Å². The molecule has 0 aliphatic carbocycles. The van der Waals surface area contributed by atoms with E-state index in [4.69, 9.17) is 47.0 Å². The summed E-state index contributed by atoms with van der Waals surface area (Å²) in [4.78, 5) is 2.93. The van der Waals surface area contributed by atoms with Gasteiger partial charge in [0, 0.05) is 6.07 Å². The SMILES string of the molecule is Fc1cc2[nH]c(=S)n(-c3ccc(Cl)c(Cl)c3)c2cc1Cl. The Labute approximate surface area is 133 Å². The van der Waals surface area contributed by atoms with Gasteiger partial charge in [-0.3, -0.25) is 4.57 Å². The van der Waals surface area contributed by atoms with Crippen LogP contribution in [0.2, 0.25) is 15.1 Å². The molecule has 3 rings (SSSR count). The minimum absolute atomic E-state index is 0.0281. The van der Waals surface area contributed by atoms with Gasteiger partial charge in [0.25, 0.3) is 0 Å². The summed E-state index contributed by atoms with van der Waals surface area (Å²) < 4.78 is 15.6. The Hall–Kier alpha value is -1.07. The molecular formula is C13H6Cl3FN2S. The summed E-state index contributed by atoms with van der Waals surface area (Å²) in [5.41, 5.74) is 1.95. The summed E-state index contributed by atoms with van der Waals surface area (Å²) in [5.74, 6) is -0.503. The Morgan fingerprint density at radius 3 is 2.45 bits per heavy atom. The highest BCUT2D eigenvalue weighted by Gasteiger charge is 2.11. The maximum atomic E-state index is 13.5. The molecule has 0 amide bonds. The molecule has 1 N–H and O–H groups in total. The summed E-state index contributed by atoms with van der Waals surface area (Å²) in [5, 5.41) is 0.889. The number of H-pyrrole nitrogens is 1. The molecule has 1 aromatic heterocycles. The maximum absolute atomic E-state index is 13.5. The van der Waals surface area contributed by atoms with Gasteiger partial charge in [-0.1, -0.05) is 34.8 Å². The smallest absolute Gasteiger partial charge is 0.182 e. The lowest BCUT2D eigenvalue weighted by atomic mass is 10.2. The first-order valence-corrected chi connectivity index (χ1v) is 7.07. The first-order chi connectivity index (χ1) is 9.47. The van der Waals surface area contributed by atoms with Gasteiger partial charge >= 0.3 is 0 Å². The number of hydrogen-bond donors (Lipinski definition) is 1. The Bertz CT molecular complexity index is 885. The van der Waals surface area contributed by atoms with E-state index in [2.05, 4.69) is 4.98 Å². The predicted molar refractivity (Wildman–Crippen MR) is 83.4 cm³/mol. The molecule has 20 heavy (non-hydrogen) atoms. The fourth-order valence-corrected chi connectivity index (χ4v) is 2.75. The summed E-state index contributed by atoms with van der Waals surface area (Å²) >= 11 is 23.0. The molecule has 2 nitrogen and oxygen atoms in total. The molecule has 7 heteroatoms. The van der Waals surface area contributed by atoms with E-state index in [-0.39, 0.29) is 5.02 Å². The molecule has 102 valence electrons. The van der Waals surface area contributed by atoms with Crippen molar-refractivity contribution in [3.63, 3.8) is 0 Å². The van der Waals surface area contributed by atoms with Crippen molar-refractivity contribution in [2.75, 3.05) is 0 Å². The molecule has 0 radical (unpaired) electrons. The number of benzene rings is 2. The molecule has 0 bridgehead atoms. The number of aromatic nitrogens is 2. The Morgan fingerprint density at radius 1 is 1.00 bits per heavy atom. The van der Waals surface area contributed by atoms with Crippen LogP contribution in [0.3, 0.4) is 0 Å². The van der Waals surface area contributed by atoms with Gasteiger partial charge < -0.3 is 4.98 Å². The topological polar surface area (TPSA) is 20.7 Å². The number of fused-ring (bicyclic) bond motifs is 1. The fourth-order valence-electron chi connectivity index (χ4n) is 1.98. The van der Waals surface area contributed by atoms with Crippen LogP contribution in [0.15, 0.2) is 30.3 Å². The molecule has 0 spiro atoms. The van der Waals surface area contributed by atoms with Gasteiger partial charge in [-0.15, -0.1) is 0 Å². The summed E-state index contributed by atoms with van der Waals surface area (Å²) in [7, 11) is 0. The van der Waals surface area contributed by atoms with E-state index < -0.39 is 5.82 Å². The number of aromatic amines is 1. The van der Waals surface area contributed by atoms with Crippen molar-refractivity contribution in [2.45, 2.75) is 0 Å². The molecule has 2 aromatic carbocycles. The third-order valence-electron chi connectivity index (χ3n) is 2.89. The van der Waals surface area contributed by atoms with Crippen molar-refractivity contribution in [2.24, 2.45) is 0 Å².